The van der Waals surface area contributed by atoms with Crippen LogP contribution >= 0.6 is 11.6 Å². The van der Waals surface area contributed by atoms with E-state index >= 15 is 0 Å². The maximum Gasteiger partial charge on any atom is 0.298 e. The molecule has 0 bridgehead atoms. The molecule has 2 fully saturated rings. The molecule has 9 heteroatoms. The fourth-order valence-corrected chi connectivity index (χ4v) is 4.95. The number of likely N-dealkylation sites (tertiary alicyclic amines) is 1. The Morgan fingerprint density at radius 2 is 2.09 bits per heavy atom. The monoisotopic (exact) mass is 469 g/mol. The van der Waals surface area contributed by atoms with Crippen molar-refractivity contribution in [3.8, 4) is 28.8 Å². The molecule has 0 atom stereocenters. The van der Waals surface area contributed by atoms with Crippen LogP contribution in [0.25, 0.3) is 11.3 Å². The van der Waals surface area contributed by atoms with Crippen LogP contribution in [0.4, 0.5) is 5.82 Å². The first-order valence-electron chi connectivity index (χ1n) is 11.1. The Morgan fingerprint density at radius 3 is 2.70 bits per heavy atom. The molecule has 8 nitrogen and oxygen atoms in total. The summed E-state index contributed by atoms with van der Waals surface area (Å²) in [5.74, 6) is 5.73. The molecule has 1 aromatic heterocycles. The van der Waals surface area contributed by atoms with Gasteiger partial charge in [-0.25, -0.2) is 4.68 Å². The molecule has 3 N–H and O–H groups in total. The van der Waals surface area contributed by atoms with Crippen molar-refractivity contribution in [2.75, 3.05) is 32.5 Å². The van der Waals surface area contributed by atoms with Crippen molar-refractivity contribution in [2.45, 2.75) is 39.2 Å². The van der Waals surface area contributed by atoms with E-state index in [1.807, 2.05) is 13.0 Å². The number of carbonyl (C=O) groups excluding carboxylic acids is 2. The maximum absolute atomic E-state index is 12.7. The molecule has 2 aliphatic rings. The molecule has 0 radical (unpaired) electrons. The van der Waals surface area contributed by atoms with Crippen molar-refractivity contribution in [1.29, 1.82) is 0 Å². The molecular weight excluding hydrogens is 442 g/mol. The van der Waals surface area contributed by atoms with Gasteiger partial charge in [0.15, 0.2) is 0 Å². The molecule has 174 valence electrons. The summed E-state index contributed by atoms with van der Waals surface area (Å²) in [5.41, 5.74) is 8.03. The fraction of sp³-hybridized carbons (Fsp3) is 0.458. The van der Waals surface area contributed by atoms with Crippen LogP contribution < -0.4 is 15.8 Å². The highest BCUT2D eigenvalue weighted by Gasteiger charge is 2.54. The third-order valence-electron chi connectivity index (χ3n) is 6.32. The number of aromatic nitrogens is 2. The summed E-state index contributed by atoms with van der Waals surface area (Å²) in [6.45, 7) is 5.65. The van der Waals surface area contributed by atoms with Gasteiger partial charge in [-0.1, -0.05) is 24.4 Å². The van der Waals surface area contributed by atoms with Crippen LogP contribution in [0.5, 0.6) is 5.75 Å². The lowest BCUT2D eigenvalue weighted by Crippen LogP contribution is -2.63. The van der Waals surface area contributed by atoms with Crippen molar-refractivity contribution < 1.29 is 14.3 Å². The van der Waals surface area contributed by atoms with Crippen LogP contribution in [-0.2, 0) is 4.79 Å². The Hall–Kier alpha value is -3.18. The molecule has 2 aromatic rings. The molecule has 0 unspecified atom stereocenters. The normalized spacial score (nSPS) is 16.4. The quantitative estimate of drug-likeness (QED) is 0.633. The smallest absolute Gasteiger partial charge is 0.298 e. The van der Waals surface area contributed by atoms with Crippen LogP contribution in [0.3, 0.4) is 0 Å². The minimum atomic E-state index is -0.302. The molecule has 2 amide bonds. The molecule has 1 aromatic carbocycles. The van der Waals surface area contributed by atoms with Crippen LogP contribution in [0, 0.1) is 17.3 Å². The third-order valence-corrected chi connectivity index (χ3v) is 6.62. The van der Waals surface area contributed by atoms with Gasteiger partial charge >= 0.3 is 0 Å². The third kappa shape index (κ3) is 4.13. The standard InChI is InChI=1S/C24H28ClN5O3/c1-4-6-19(31)29-13-24(14-29)11-16(12-24)30-22(26)20(23(32)27-3)21(28-30)15-7-8-18(17(25)10-15)33-9-5-2/h7-8,10,16H,5,9,11-14,26H2,1-3H3,(H,27,32). The van der Waals surface area contributed by atoms with Crippen molar-refractivity contribution >= 4 is 29.2 Å². The number of ether oxygens (including phenoxy) is 1. The number of carbonyl (C=O) groups is 2. The number of halogens is 1. The first-order chi connectivity index (χ1) is 15.8. The van der Waals surface area contributed by atoms with E-state index < -0.39 is 0 Å². The van der Waals surface area contributed by atoms with Gasteiger partial charge in [-0.15, -0.1) is 0 Å². The summed E-state index contributed by atoms with van der Waals surface area (Å²) in [6, 6.07) is 5.44. The number of benzene rings is 1. The van der Waals surface area contributed by atoms with Crippen molar-refractivity contribution in [1.82, 2.24) is 20.0 Å². The molecular formula is C24H28ClN5O3. The summed E-state index contributed by atoms with van der Waals surface area (Å²) in [5, 5.41) is 7.85. The Bertz CT molecular complexity index is 1150. The summed E-state index contributed by atoms with van der Waals surface area (Å²) >= 11 is 6.42. The molecule has 1 aliphatic heterocycles. The van der Waals surface area contributed by atoms with Crippen LogP contribution in [0.15, 0.2) is 18.2 Å². The largest absolute Gasteiger partial charge is 0.492 e. The van der Waals surface area contributed by atoms with Crippen LogP contribution in [-0.4, -0.2) is 53.2 Å². The maximum atomic E-state index is 12.7. The highest BCUT2D eigenvalue weighted by molar-refractivity contribution is 6.32. The van der Waals surface area contributed by atoms with Gasteiger partial charge in [-0.05, 0) is 50.3 Å². The highest BCUT2D eigenvalue weighted by Crippen LogP contribution is 2.55. The lowest BCUT2D eigenvalue weighted by Gasteiger charge is -2.58. The van der Waals surface area contributed by atoms with E-state index in [2.05, 4.69) is 17.2 Å². The van der Waals surface area contributed by atoms with Gasteiger partial charge in [-0.3, -0.25) is 9.59 Å². The van der Waals surface area contributed by atoms with Gasteiger partial charge < -0.3 is 20.7 Å². The summed E-state index contributed by atoms with van der Waals surface area (Å²) in [7, 11) is 1.56. The first kappa shape index (κ1) is 23.0. The van der Waals surface area contributed by atoms with Crippen molar-refractivity contribution in [2.24, 2.45) is 5.41 Å². The average Bonchev–Trinajstić information content (AvgIpc) is 3.07. The van der Waals surface area contributed by atoms with Crippen LogP contribution in [0.2, 0.25) is 5.02 Å². The molecule has 4 rings (SSSR count). The zero-order chi connectivity index (χ0) is 23.8. The predicted octanol–water partition coefficient (Wildman–Crippen LogP) is 3.12. The topological polar surface area (TPSA) is 102 Å². The zero-order valence-electron chi connectivity index (χ0n) is 19.1. The second-order valence-corrected chi connectivity index (χ2v) is 9.13. The Labute approximate surface area is 198 Å². The number of nitrogens with one attached hydrogen (secondary N) is 1. The average molecular weight is 470 g/mol. The summed E-state index contributed by atoms with van der Waals surface area (Å²) in [6.07, 6.45) is 2.57. The number of rotatable bonds is 6. The SMILES string of the molecule is CC#CC(=O)N1CC2(CC(n3nc(-c4ccc(OCCC)c(Cl)c4)c(C(=O)NC)c3N)C2)C1. The number of hydrogen-bond donors (Lipinski definition) is 2. The van der Waals surface area contributed by atoms with E-state index in [-0.39, 0.29) is 23.3 Å². The molecule has 1 spiro atoms. The van der Waals surface area contributed by atoms with Gasteiger partial charge in [0.05, 0.1) is 17.7 Å². The lowest BCUT2D eigenvalue weighted by molar-refractivity contribution is -0.148. The zero-order valence-corrected chi connectivity index (χ0v) is 19.8. The number of anilines is 1. The molecule has 1 saturated carbocycles. The Morgan fingerprint density at radius 1 is 1.36 bits per heavy atom. The first-order valence-corrected chi connectivity index (χ1v) is 11.4. The molecule has 33 heavy (non-hydrogen) atoms. The fourth-order valence-electron chi connectivity index (χ4n) is 4.72. The Kier molecular flexibility index (Phi) is 6.26. The number of amides is 2. The minimum Gasteiger partial charge on any atom is -0.492 e. The van der Waals surface area contributed by atoms with E-state index in [0.29, 0.717) is 53.1 Å². The second-order valence-electron chi connectivity index (χ2n) is 8.72. The molecule has 1 saturated heterocycles. The van der Waals surface area contributed by atoms with Gasteiger partial charge in [0, 0.05) is 31.1 Å². The predicted molar refractivity (Wildman–Crippen MR) is 127 cm³/mol. The van der Waals surface area contributed by atoms with Gasteiger partial charge in [0.25, 0.3) is 11.8 Å². The molecule has 1 aliphatic carbocycles. The van der Waals surface area contributed by atoms with Crippen molar-refractivity contribution in [3.63, 3.8) is 0 Å². The van der Waals surface area contributed by atoms with E-state index in [9.17, 15) is 9.59 Å². The van der Waals surface area contributed by atoms with Gasteiger partial charge in [-0.2, -0.15) is 5.10 Å². The van der Waals surface area contributed by atoms with E-state index in [1.54, 1.807) is 35.7 Å². The number of nitrogens with two attached hydrogens (primary N) is 1. The number of hydrogen-bond acceptors (Lipinski definition) is 5. The second kappa shape index (κ2) is 8.99. The number of nitrogens with zero attached hydrogens (tertiary/aromatic N) is 3. The van der Waals surface area contributed by atoms with Gasteiger partial charge in [0.2, 0.25) is 0 Å². The molecule has 2 heterocycles. The van der Waals surface area contributed by atoms with Gasteiger partial charge in [0.1, 0.15) is 22.8 Å². The lowest BCUT2D eigenvalue weighted by atomic mass is 9.60. The van der Waals surface area contributed by atoms with E-state index in [1.165, 1.54) is 0 Å². The summed E-state index contributed by atoms with van der Waals surface area (Å²) < 4.78 is 7.40. The van der Waals surface area contributed by atoms with Crippen LogP contribution in [0.1, 0.15) is 49.5 Å². The van der Waals surface area contributed by atoms with E-state index in [4.69, 9.17) is 27.2 Å². The Balaban J connectivity index is 1.57. The summed E-state index contributed by atoms with van der Waals surface area (Å²) in [4.78, 5) is 26.4. The van der Waals surface area contributed by atoms with Crippen molar-refractivity contribution in [3.05, 3.63) is 28.8 Å². The highest BCUT2D eigenvalue weighted by atomic mass is 35.5. The van der Waals surface area contributed by atoms with E-state index in [0.717, 1.165) is 19.3 Å². The number of nitrogen functional groups attached to an aromatic ring is 1. The minimum absolute atomic E-state index is 0.0688.